The maximum absolute atomic E-state index is 11.0. The van der Waals surface area contributed by atoms with E-state index in [4.69, 9.17) is 5.11 Å². The molecule has 0 heterocycles. The summed E-state index contributed by atoms with van der Waals surface area (Å²) in [5.41, 5.74) is 2.70. The number of carbonyl (C=O) groups is 1. The number of hydrogen-bond acceptors (Lipinski definition) is 4. The first-order valence-corrected chi connectivity index (χ1v) is 7.27. The third kappa shape index (κ3) is 3.47. The average molecular weight is 318 g/mol. The predicted molar refractivity (Wildman–Crippen MR) is 91.1 cm³/mol. The van der Waals surface area contributed by atoms with Crippen LogP contribution in [0, 0.1) is 0 Å². The van der Waals surface area contributed by atoms with Crippen LogP contribution in [0.3, 0.4) is 0 Å². The van der Waals surface area contributed by atoms with Gasteiger partial charge in [-0.15, -0.1) is 0 Å². The molecule has 3 aromatic carbocycles. The minimum absolute atomic E-state index is 0.155. The second-order valence-corrected chi connectivity index (χ2v) is 5.12. The molecule has 0 aliphatic heterocycles. The molecule has 3 aromatic rings. The fraction of sp³-hybridized carbons (Fsp3) is 0. The number of carboxylic acid groups (broad SMARTS) is 1. The van der Waals surface area contributed by atoms with Crippen LogP contribution in [0.25, 0.3) is 11.1 Å². The van der Waals surface area contributed by atoms with Gasteiger partial charge in [0.1, 0.15) is 5.75 Å². The van der Waals surface area contributed by atoms with Crippen molar-refractivity contribution in [3.63, 3.8) is 0 Å². The standard InChI is InChI=1S/C19H14N2O3/c22-18-10-9-16(12-17(18)13-5-2-1-3-6-13)21-20-15-8-4-7-14(11-15)19(23)24/h1-12,22H,(H,23,24). The zero-order chi connectivity index (χ0) is 16.9. The van der Waals surface area contributed by atoms with Crippen molar-refractivity contribution in [1.82, 2.24) is 0 Å². The number of phenolic OH excluding ortho intramolecular Hbond substituents is 1. The Hall–Kier alpha value is -3.47. The molecule has 0 fully saturated rings. The van der Waals surface area contributed by atoms with E-state index in [1.807, 2.05) is 30.3 Å². The van der Waals surface area contributed by atoms with Crippen molar-refractivity contribution in [2.75, 3.05) is 0 Å². The van der Waals surface area contributed by atoms with Gasteiger partial charge in [-0.2, -0.15) is 10.2 Å². The van der Waals surface area contributed by atoms with Gasteiger partial charge in [0.2, 0.25) is 0 Å². The van der Waals surface area contributed by atoms with Crippen LogP contribution >= 0.6 is 0 Å². The van der Waals surface area contributed by atoms with Crippen LogP contribution in [0.15, 0.2) is 83.0 Å². The number of benzene rings is 3. The molecular formula is C19H14N2O3. The predicted octanol–water partition coefficient (Wildman–Crippen LogP) is 5.17. The molecule has 0 spiro atoms. The first-order valence-electron chi connectivity index (χ1n) is 7.27. The molecule has 118 valence electrons. The summed E-state index contributed by atoms with van der Waals surface area (Å²) in [4.78, 5) is 11.0. The Kier molecular flexibility index (Phi) is 4.34. The summed E-state index contributed by atoms with van der Waals surface area (Å²) in [6.07, 6.45) is 0. The van der Waals surface area contributed by atoms with Gasteiger partial charge in [-0.1, -0.05) is 36.4 Å². The normalized spacial score (nSPS) is 10.8. The Morgan fingerprint density at radius 2 is 1.50 bits per heavy atom. The van der Waals surface area contributed by atoms with Crippen LogP contribution in [0.2, 0.25) is 0 Å². The molecule has 0 aliphatic carbocycles. The van der Waals surface area contributed by atoms with E-state index in [2.05, 4.69) is 10.2 Å². The quantitative estimate of drug-likeness (QED) is 0.651. The van der Waals surface area contributed by atoms with Gasteiger partial charge < -0.3 is 10.2 Å². The second kappa shape index (κ2) is 6.75. The van der Waals surface area contributed by atoms with Crippen LogP contribution in [0.4, 0.5) is 11.4 Å². The summed E-state index contributed by atoms with van der Waals surface area (Å²) < 4.78 is 0. The SMILES string of the molecule is O=C(O)c1cccc(N=Nc2ccc(O)c(-c3ccccc3)c2)c1. The molecule has 24 heavy (non-hydrogen) atoms. The van der Waals surface area contributed by atoms with E-state index in [1.54, 1.807) is 30.3 Å². The number of phenols is 1. The van der Waals surface area contributed by atoms with Crippen LogP contribution in [0.5, 0.6) is 5.75 Å². The minimum Gasteiger partial charge on any atom is -0.507 e. The molecule has 0 atom stereocenters. The van der Waals surface area contributed by atoms with Crippen molar-refractivity contribution < 1.29 is 15.0 Å². The van der Waals surface area contributed by atoms with Crippen molar-refractivity contribution in [3.8, 4) is 16.9 Å². The number of carboxylic acids is 1. The lowest BCUT2D eigenvalue weighted by molar-refractivity contribution is 0.0697. The Morgan fingerprint density at radius 1 is 0.792 bits per heavy atom. The summed E-state index contributed by atoms with van der Waals surface area (Å²) in [6.45, 7) is 0. The number of rotatable bonds is 4. The van der Waals surface area contributed by atoms with Crippen LogP contribution < -0.4 is 0 Å². The van der Waals surface area contributed by atoms with Gasteiger partial charge in [-0.3, -0.25) is 0 Å². The van der Waals surface area contributed by atoms with Crippen molar-refractivity contribution >= 4 is 17.3 Å². The monoisotopic (exact) mass is 318 g/mol. The molecule has 0 saturated heterocycles. The third-order valence-corrected chi connectivity index (χ3v) is 3.44. The van der Waals surface area contributed by atoms with Crippen molar-refractivity contribution in [3.05, 3.63) is 78.4 Å². The first kappa shape index (κ1) is 15.4. The Morgan fingerprint density at radius 3 is 2.21 bits per heavy atom. The number of aromatic carboxylic acids is 1. The molecule has 5 nitrogen and oxygen atoms in total. The Bertz CT molecular complexity index is 905. The molecule has 2 N–H and O–H groups in total. The minimum atomic E-state index is -1.01. The van der Waals surface area contributed by atoms with Crippen molar-refractivity contribution in [2.45, 2.75) is 0 Å². The van der Waals surface area contributed by atoms with E-state index in [1.165, 1.54) is 12.1 Å². The molecule has 0 unspecified atom stereocenters. The van der Waals surface area contributed by atoms with Gasteiger partial charge in [0.25, 0.3) is 0 Å². The summed E-state index contributed by atoms with van der Waals surface area (Å²) >= 11 is 0. The summed E-state index contributed by atoms with van der Waals surface area (Å²) in [5, 5.41) is 27.2. The van der Waals surface area contributed by atoms with Gasteiger partial charge in [-0.05, 0) is 42.0 Å². The molecule has 0 aliphatic rings. The summed E-state index contributed by atoms with van der Waals surface area (Å²) in [5.74, 6) is -0.851. The molecular weight excluding hydrogens is 304 g/mol. The highest BCUT2D eigenvalue weighted by Gasteiger charge is 2.06. The van der Waals surface area contributed by atoms with Crippen molar-refractivity contribution in [1.29, 1.82) is 0 Å². The first-order chi connectivity index (χ1) is 11.6. The second-order valence-electron chi connectivity index (χ2n) is 5.12. The fourth-order valence-corrected chi connectivity index (χ4v) is 2.25. The zero-order valence-electron chi connectivity index (χ0n) is 12.6. The van der Waals surface area contributed by atoms with Gasteiger partial charge in [-0.25, -0.2) is 4.79 Å². The molecule has 0 saturated carbocycles. The molecule has 0 radical (unpaired) electrons. The maximum Gasteiger partial charge on any atom is 0.335 e. The summed E-state index contributed by atoms with van der Waals surface area (Å²) in [7, 11) is 0. The molecule has 5 heteroatoms. The van der Waals surface area contributed by atoms with Gasteiger partial charge >= 0.3 is 5.97 Å². The molecule has 0 bridgehead atoms. The smallest absolute Gasteiger partial charge is 0.335 e. The summed E-state index contributed by atoms with van der Waals surface area (Å²) in [6, 6.07) is 20.6. The highest BCUT2D eigenvalue weighted by molar-refractivity contribution is 5.88. The van der Waals surface area contributed by atoms with Crippen LogP contribution in [-0.4, -0.2) is 16.2 Å². The lowest BCUT2D eigenvalue weighted by Gasteiger charge is -2.05. The molecule has 3 rings (SSSR count). The van der Waals surface area contributed by atoms with Crippen LogP contribution in [0.1, 0.15) is 10.4 Å². The number of hydrogen-bond donors (Lipinski definition) is 2. The molecule has 0 amide bonds. The molecule has 0 aromatic heterocycles. The number of azo groups is 1. The van der Waals surface area contributed by atoms with Crippen LogP contribution in [-0.2, 0) is 0 Å². The van der Waals surface area contributed by atoms with Gasteiger partial charge in [0.15, 0.2) is 0 Å². The van der Waals surface area contributed by atoms with Gasteiger partial charge in [0.05, 0.1) is 16.9 Å². The lowest BCUT2D eigenvalue weighted by atomic mass is 10.0. The van der Waals surface area contributed by atoms with E-state index in [0.717, 1.165) is 5.56 Å². The topological polar surface area (TPSA) is 82.2 Å². The van der Waals surface area contributed by atoms with E-state index in [0.29, 0.717) is 16.9 Å². The lowest BCUT2D eigenvalue weighted by Crippen LogP contribution is -1.94. The third-order valence-electron chi connectivity index (χ3n) is 3.44. The van der Waals surface area contributed by atoms with E-state index < -0.39 is 5.97 Å². The maximum atomic E-state index is 11.0. The largest absolute Gasteiger partial charge is 0.507 e. The van der Waals surface area contributed by atoms with E-state index >= 15 is 0 Å². The van der Waals surface area contributed by atoms with Gasteiger partial charge in [0, 0.05) is 5.56 Å². The van der Waals surface area contributed by atoms with E-state index in [-0.39, 0.29) is 11.3 Å². The highest BCUT2D eigenvalue weighted by atomic mass is 16.4. The zero-order valence-corrected chi connectivity index (χ0v) is 12.6. The Balaban J connectivity index is 1.91. The fourth-order valence-electron chi connectivity index (χ4n) is 2.25. The highest BCUT2D eigenvalue weighted by Crippen LogP contribution is 2.33. The average Bonchev–Trinajstić information content (AvgIpc) is 2.62. The van der Waals surface area contributed by atoms with Crippen molar-refractivity contribution in [2.24, 2.45) is 10.2 Å². The Labute approximate surface area is 138 Å². The number of aromatic hydroxyl groups is 1. The number of nitrogens with zero attached hydrogens (tertiary/aromatic N) is 2. The van der Waals surface area contributed by atoms with E-state index in [9.17, 15) is 9.90 Å².